The number of amides is 1. The molecular formula is C19H18F3NO3. The van der Waals surface area contributed by atoms with E-state index in [9.17, 15) is 22.8 Å². The van der Waals surface area contributed by atoms with Crippen LogP contribution in [0, 0.1) is 11.7 Å². The van der Waals surface area contributed by atoms with Gasteiger partial charge in [0.15, 0.2) is 0 Å². The van der Waals surface area contributed by atoms with Gasteiger partial charge in [0.25, 0.3) is 0 Å². The molecule has 1 aromatic carbocycles. The van der Waals surface area contributed by atoms with E-state index in [0.29, 0.717) is 5.56 Å². The van der Waals surface area contributed by atoms with Crippen LogP contribution < -0.4 is 5.32 Å². The van der Waals surface area contributed by atoms with E-state index in [2.05, 4.69) is 5.32 Å². The highest BCUT2D eigenvalue weighted by Crippen LogP contribution is 2.42. The topological polar surface area (TPSA) is 66.4 Å². The van der Waals surface area contributed by atoms with E-state index in [1.807, 2.05) is 0 Å². The van der Waals surface area contributed by atoms with Crippen molar-refractivity contribution >= 4 is 11.9 Å². The maximum atomic E-state index is 14.7. The first-order valence-electron chi connectivity index (χ1n) is 8.32. The van der Waals surface area contributed by atoms with E-state index in [-0.39, 0.29) is 11.5 Å². The lowest BCUT2D eigenvalue weighted by atomic mass is 9.85. The summed E-state index contributed by atoms with van der Waals surface area (Å²) in [5.41, 5.74) is -2.64. The van der Waals surface area contributed by atoms with Gasteiger partial charge in [0.2, 0.25) is 11.6 Å². The van der Waals surface area contributed by atoms with Crippen molar-refractivity contribution in [3.8, 4) is 0 Å². The molecule has 3 rings (SSSR count). The monoisotopic (exact) mass is 365 g/mol. The molecule has 1 saturated carbocycles. The van der Waals surface area contributed by atoms with Gasteiger partial charge in [-0.25, -0.2) is 18.0 Å². The van der Waals surface area contributed by atoms with Crippen molar-refractivity contribution in [2.45, 2.75) is 37.4 Å². The molecule has 0 radical (unpaired) electrons. The Morgan fingerprint density at radius 3 is 2.62 bits per heavy atom. The second kappa shape index (κ2) is 6.97. The van der Waals surface area contributed by atoms with Crippen LogP contribution in [0.1, 0.15) is 37.3 Å². The second-order valence-electron chi connectivity index (χ2n) is 6.70. The molecule has 0 heterocycles. The van der Waals surface area contributed by atoms with Crippen molar-refractivity contribution in [3.63, 3.8) is 0 Å². The summed E-state index contributed by atoms with van der Waals surface area (Å²) in [6.45, 7) is 0. The predicted octanol–water partition coefficient (Wildman–Crippen LogP) is 3.76. The summed E-state index contributed by atoms with van der Waals surface area (Å²) in [6, 6.07) is 5.45. The molecule has 138 valence electrons. The Morgan fingerprint density at radius 2 is 2.00 bits per heavy atom. The number of alkyl halides is 1. The molecule has 1 fully saturated rings. The van der Waals surface area contributed by atoms with E-state index in [0.717, 1.165) is 25.0 Å². The number of carboxylic acids is 1. The van der Waals surface area contributed by atoms with E-state index in [4.69, 9.17) is 5.11 Å². The second-order valence-corrected chi connectivity index (χ2v) is 6.70. The number of carbonyl (C=O) groups is 2. The summed E-state index contributed by atoms with van der Waals surface area (Å²) in [5, 5.41) is 11.8. The van der Waals surface area contributed by atoms with Gasteiger partial charge in [0.1, 0.15) is 11.6 Å². The Hall–Kier alpha value is -2.57. The van der Waals surface area contributed by atoms with Crippen LogP contribution in [0.25, 0.3) is 0 Å². The van der Waals surface area contributed by atoms with Gasteiger partial charge in [-0.2, -0.15) is 0 Å². The molecule has 0 aromatic heterocycles. The smallest absolute Gasteiger partial charge is 0.346 e. The Labute approximate surface area is 148 Å². The molecule has 2 aliphatic rings. The molecule has 0 saturated heterocycles. The fourth-order valence-electron chi connectivity index (χ4n) is 3.14. The largest absolute Gasteiger partial charge is 0.479 e. The highest BCUT2D eigenvalue weighted by molar-refractivity contribution is 5.87. The summed E-state index contributed by atoms with van der Waals surface area (Å²) < 4.78 is 41.5. The van der Waals surface area contributed by atoms with Crippen molar-refractivity contribution in [2.24, 2.45) is 5.92 Å². The van der Waals surface area contributed by atoms with Crippen LogP contribution in [-0.2, 0) is 9.59 Å². The highest BCUT2D eigenvalue weighted by Gasteiger charge is 2.46. The third-order valence-corrected chi connectivity index (χ3v) is 4.69. The minimum atomic E-state index is -2.94. The van der Waals surface area contributed by atoms with Crippen LogP contribution in [0.15, 0.2) is 47.8 Å². The van der Waals surface area contributed by atoms with Gasteiger partial charge in [-0.1, -0.05) is 18.2 Å². The quantitative estimate of drug-likeness (QED) is 0.807. The number of benzene rings is 1. The normalized spacial score (nSPS) is 23.7. The molecular weight excluding hydrogens is 347 g/mol. The number of carboxylic acid groups (broad SMARTS) is 1. The molecule has 26 heavy (non-hydrogen) atoms. The summed E-state index contributed by atoms with van der Waals surface area (Å²) in [6.07, 6.45) is 2.28. The standard InChI is InChI=1S/C19H18F3NO3/c20-14-3-1-2-12(8-14)17(11-4-5-11)23-16(24)9-13-6-7-15(21)10-19(13,22)18(25)26/h1-3,6-8,11,17H,4-5,9-10H2,(H,23,24)(H,25,26)/t17-,19?/m0/s1. The number of rotatable bonds is 6. The summed E-state index contributed by atoms with van der Waals surface area (Å²) in [5.74, 6) is -3.57. The first-order chi connectivity index (χ1) is 12.3. The third kappa shape index (κ3) is 3.81. The van der Waals surface area contributed by atoms with Gasteiger partial charge in [0, 0.05) is 6.42 Å². The lowest BCUT2D eigenvalue weighted by molar-refractivity contribution is -0.148. The lowest BCUT2D eigenvalue weighted by Gasteiger charge is -2.26. The van der Waals surface area contributed by atoms with Crippen molar-refractivity contribution in [1.29, 1.82) is 0 Å². The van der Waals surface area contributed by atoms with Crippen molar-refractivity contribution in [2.75, 3.05) is 0 Å². The Morgan fingerprint density at radius 1 is 1.27 bits per heavy atom. The zero-order valence-corrected chi connectivity index (χ0v) is 13.8. The highest BCUT2D eigenvalue weighted by atomic mass is 19.2. The van der Waals surface area contributed by atoms with Crippen LogP contribution >= 0.6 is 0 Å². The number of nitrogens with one attached hydrogen (secondary N) is 1. The lowest BCUT2D eigenvalue weighted by Crippen LogP contribution is -2.40. The number of aliphatic carboxylic acids is 1. The first kappa shape index (κ1) is 18.2. The van der Waals surface area contributed by atoms with Gasteiger partial charge in [-0.3, -0.25) is 4.79 Å². The Bertz CT molecular complexity index is 801. The average Bonchev–Trinajstić information content (AvgIpc) is 3.40. The number of halogens is 3. The van der Waals surface area contributed by atoms with E-state index >= 15 is 0 Å². The number of carbonyl (C=O) groups excluding carboxylic acids is 1. The molecule has 0 spiro atoms. The number of hydrogen-bond acceptors (Lipinski definition) is 2. The molecule has 1 amide bonds. The van der Waals surface area contributed by atoms with Crippen molar-refractivity contribution < 1.29 is 27.9 Å². The molecule has 1 aromatic rings. The van der Waals surface area contributed by atoms with E-state index in [1.165, 1.54) is 12.1 Å². The molecule has 0 bridgehead atoms. The molecule has 7 heteroatoms. The van der Waals surface area contributed by atoms with Crippen LogP contribution in [0.3, 0.4) is 0 Å². The molecule has 0 aliphatic heterocycles. The molecule has 1 unspecified atom stereocenters. The summed E-state index contributed by atoms with van der Waals surface area (Å²) in [7, 11) is 0. The van der Waals surface area contributed by atoms with Crippen molar-refractivity contribution in [3.05, 3.63) is 59.2 Å². The maximum absolute atomic E-state index is 14.7. The molecule has 2 atom stereocenters. The Kier molecular flexibility index (Phi) is 4.89. The van der Waals surface area contributed by atoms with Gasteiger partial charge in [0.05, 0.1) is 12.5 Å². The first-order valence-corrected chi connectivity index (χ1v) is 8.32. The van der Waals surface area contributed by atoms with Crippen molar-refractivity contribution in [1.82, 2.24) is 5.32 Å². The predicted molar refractivity (Wildman–Crippen MR) is 88.0 cm³/mol. The van der Waals surface area contributed by atoms with Gasteiger partial charge < -0.3 is 10.4 Å². The van der Waals surface area contributed by atoms with Crippen LogP contribution in [0.2, 0.25) is 0 Å². The summed E-state index contributed by atoms with van der Waals surface area (Å²) >= 11 is 0. The molecule has 2 N–H and O–H groups in total. The average molecular weight is 365 g/mol. The fraction of sp³-hybridized carbons (Fsp3) is 0.368. The minimum absolute atomic E-state index is 0.160. The van der Waals surface area contributed by atoms with E-state index < -0.39 is 48.1 Å². The van der Waals surface area contributed by atoms with Crippen LogP contribution in [-0.4, -0.2) is 22.7 Å². The molecule has 4 nitrogen and oxygen atoms in total. The zero-order chi connectivity index (χ0) is 18.9. The van der Waals surface area contributed by atoms with Crippen LogP contribution in [0.4, 0.5) is 13.2 Å². The SMILES string of the molecule is O=C(CC1=CC=C(F)CC1(F)C(=O)O)N[C@H](c1cccc(F)c1)C1CC1. The van der Waals surface area contributed by atoms with E-state index in [1.54, 1.807) is 12.1 Å². The minimum Gasteiger partial charge on any atom is -0.479 e. The molecule has 2 aliphatic carbocycles. The Balaban J connectivity index is 1.75. The zero-order valence-electron chi connectivity index (χ0n) is 13.8. The maximum Gasteiger partial charge on any atom is 0.346 e. The van der Waals surface area contributed by atoms with Crippen LogP contribution in [0.5, 0.6) is 0 Å². The summed E-state index contributed by atoms with van der Waals surface area (Å²) in [4.78, 5) is 23.6. The fourth-order valence-corrected chi connectivity index (χ4v) is 3.14. The number of hydrogen-bond donors (Lipinski definition) is 2. The number of allylic oxidation sites excluding steroid dienone is 3. The van der Waals surface area contributed by atoms with Gasteiger partial charge in [-0.05, 0) is 48.1 Å². The van der Waals surface area contributed by atoms with Gasteiger partial charge in [-0.15, -0.1) is 0 Å². The third-order valence-electron chi connectivity index (χ3n) is 4.69. The van der Waals surface area contributed by atoms with Gasteiger partial charge >= 0.3 is 5.97 Å².